The molecule has 0 atom stereocenters. The van der Waals surface area contributed by atoms with Gasteiger partial charge in [-0.3, -0.25) is 19.3 Å². The first kappa shape index (κ1) is 39.8. The van der Waals surface area contributed by atoms with E-state index in [0.29, 0.717) is 54.6 Å². The van der Waals surface area contributed by atoms with Crippen LogP contribution < -0.4 is 0 Å². The fourth-order valence-electron chi connectivity index (χ4n) is 6.46. The number of nitriles is 4. The number of benzene rings is 2. The van der Waals surface area contributed by atoms with Gasteiger partial charge in [0.25, 0.3) is 5.91 Å². The molecule has 0 spiro atoms. The molecule has 2 aliphatic heterocycles. The molecule has 1 amide bonds. The SMILES string of the molecule is CCN1C/C(=N/c2cc3c(s2)-c2sc(/N=C4\SC(=C(C#N)C#N)N(CC)C4=O)cc2C3(C(=O)OCc2ccccc2)C(=O)OCc2ccccc2)SC1=C(C#N)C#N. The largest absolute Gasteiger partial charge is 0.459 e. The van der Waals surface area contributed by atoms with Crippen molar-refractivity contribution in [2.75, 3.05) is 19.6 Å². The Morgan fingerprint density at radius 1 is 0.724 bits per heavy atom. The number of nitrogens with zero attached hydrogens (tertiary/aromatic N) is 8. The number of rotatable bonds is 10. The number of ether oxygens (including phenoxy) is 2. The Labute approximate surface area is 349 Å². The van der Waals surface area contributed by atoms with Gasteiger partial charge in [0.1, 0.15) is 62.6 Å². The maximum Gasteiger partial charge on any atom is 0.333 e. The molecule has 58 heavy (non-hydrogen) atoms. The molecule has 0 radical (unpaired) electrons. The fourth-order valence-corrected chi connectivity index (χ4v) is 11.1. The minimum absolute atomic E-state index is 0.0128. The van der Waals surface area contributed by atoms with Crippen molar-refractivity contribution in [3.05, 3.63) is 116 Å². The van der Waals surface area contributed by atoms with Crippen LogP contribution in [0.25, 0.3) is 9.75 Å². The monoisotopic (exact) mass is 840 g/mol. The molecule has 1 aliphatic carbocycles. The Kier molecular flexibility index (Phi) is 11.6. The minimum atomic E-state index is -2.13. The van der Waals surface area contributed by atoms with Crippen LogP contribution in [-0.2, 0) is 42.5 Å². The maximum absolute atomic E-state index is 14.8. The summed E-state index contributed by atoms with van der Waals surface area (Å²) >= 11 is 4.51. The summed E-state index contributed by atoms with van der Waals surface area (Å²) in [7, 11) is 0. The number of amides is 1. The summed E-state index contributed by atoms with van der Waals surface area (Å²) in [5.41, 5.74) is -0.391. The van der Waals surface area contributed by atoms with Crippen LogP contribution in [0.2, 0.25) is 0 Å². The molecule has 286 valence electrons. The van der Waals surface area contributed by atoms with Gasteiger partial charge in [0.2, 0.25) is 5.41 Å². The number of thioether (sulfide) groups is 2. The number of carbonyl (C=O) groups excluding carboxylic acids is 3. The molecule has 2 aromatic carbocycles. The fraction of sp³-hybridized carbons (Fsp3) is 0.195. The molecule has 17 heteroatoms. The highest BCUT2D eigenvalue weighted by molar-refractivity contribution is 8.19. The molecule has 0 unspecified atom stereocenters. The van der Waals surface area contributed by atoms with Crippen LogP contribution in [0.4, 0.5) is 10.0 Å². The van der Waals surface area contributed by atoms with Gasteiger partial charge in [0.15, 0.2) is 16.2 Å². The summed E-state index contributed by atoms with van der Waals surface area (Å²) in [5, 5.41) is 40.3. The smallest absolute Gasteiger partial charge is 0.333 e. The van der Waals surface area contributed by atoms with E-state index in [-0.39, 0.29) is 51.5 Å². The van der Waals surface area contributed by atoms with Gasteiger partial charge in [-0.25, -0.2) is 9.98 Å². The third-order valence-corrected chi connectivity index (χ3v) is 13.6. The van der Waals surface area contributed by atoms with E-state index in [1.165, 1.54) is 28.0 Å². The zero-order valence-electron chi connectivity index (χ0n) is 30.7. The Morgan fingerprint density at radius 2 is 1.22 bits per heavy atom. The number of carbonyl (C=O) groups is 3. The van der Waals surface area contributed by atoms with Crippen LogP contribution in [0.1, 0.15) is 36.1 Å². The molecule has 13 nitrogen and oxygen atoms in total. The van der Waals surface area contributed by atoms with E-state index < -0.39 is 23.3 Å². The van der Waals surface area contributed by atoms with Crippen molar-refractivity contribution in [1.29, 1.82) is 21.0 Å². The zero-order valence-corrected chi connectivity index (χ0v) is 34.0. The zero-order chi connectivity index (χ0) is 41.0. The molecule has 2 saturated heterocycles. The van der Waals surface area contributed by atoms with Crippen LogP contribution in [-0.4, -0.2) is 57.4 Å². The van der Waals surface area contributed by atoms with Crippen molar-refractivity contribution in [3.63, 3.8) is 0 Å². The molecule has 2 aromatic heterocycles. The van der Waals surface area contributed by atoms with Gasteiger partial charge in [-0.05, 0) is 48.9 Å². The van der Waals surface area contributed by atoms with Crippen LogP contribution in [0, 0.1) is 45.3 Å². The Morgan fingerprint density at radius 3 is 1.71 bits per heavy atom. The second-order valence-corrected chi connectivity index (χ2v) is 16.6. The Balaban J connectivity index is 1.38. The predicted octanol–water partition coefficient (Wildman–Crippen LogP) is 7.80. The van der Waals surface area contributed by atoms with Crippen molar-refractivity contribution in [2.24, 2.45) is 9.98 Å². The average molecular weight is 841 g/mol. The first-order valence-electron chi connectivity index (χ1n) is 17.6. The van der Waals surface area contributed by atoms with Crippen LogP contribution in [0.5, 0.6) is 0 Å². The molecule has 3 aliphatic rings. The van der Waals surface area contributed by atoms with Crippen LogP contribution in [0.15, 0.2) is 104 Å². The lowest BCUT2D eigenvalue weighted by atomic mass is 9.79. The number of hydrogen-bond donors (Lipinski definition) is 0. The highest BCUT2D eigenvalue weighted by Gasteiger charge is 2.60. The number of allylic oxidation sites excluding steroid dienone is 2. The van der Waals surface area contributed by atoms with Gasteiger partial charge in [0, 0.05) is 24.2 Å². The van der Waals surface area contributed by atoms with Gasteiger partial charge < -0.3 is 14.4 Å². The van der Waals surface area contributed by atoms with Crippen LogP contribution >= 0.6 is 46.2 Å². The van der Waals surface area contributed by atoms with Crippen molar-refractivity contribution in [1.82, 2.24) is 9.80 Å². The molecular formula is C41H28N8O5S4. The standard InChI is InChI=1S/C41H28N8O5S4/c1-3-48-21-32(57-37(48)26(17-42)18-43)46-30-15-28-33(55-30)34-29(16-31(56-34)47-35-36(50)49(4-2)38(58-35)27(19-44)20-45)41(28,39(51)53-22-24-11-7-5-8-12-24)40(52)54-23-25-13-9-6-10-14-25/h5-16H,3-4,21-23H2,1-2H3/b46-32-,47-35-. The number of thiophene rings is 2. The molecule has 0 saturated carbocycles. The first-order chi connectivity index (χ1) is 28.2. The normalized spacial score (nSPS) is 16.3. The third-order valence-electron chi connectivity index (χ3n) is 9.20. The number of esters is 2. The van der Waals surface area contributed by atoms with Crippen molar-refractivity contribution in [3.8, 4) is 34.0 Å². The van der Waals surface area contributed by atoms with E-state index in [9.17, 15) is 35.4 Å². The summed E-state index contributed by atoms with van der Waals surface area (Å²) in [6.45, 7) is 4.43. The number of aliphatic imine (C=N–C) groups is 2. The quantitative estimate of drug-likeness (QED) is 0.0855. The molecule has 4 aromatic rings. The predicted molar refractivity (Wildman–Crippen MR) is 221 cm³/mol. The molecule has 0 bridgehead atoms. The van der Waals surface area contributed by atoms with Gasteiger partial charge in [-0.15, -0.1) is 22.7 Å². The van der Waals surface area contributed by atoms with Gasteiger partial charge in [-0.2, -0.15) is 21.0 Å². The van der Waals surface area contributed by atoms with E-state index in [2.05, 4.69) is 4.99 Å². The topological polar surface area (TPSA) is 196 Å². The van der Waals surface area contributed by atoms with E-state index in [0.717, 1.165) is 23.1 Å². The molecule has 0 N–H and O–H groups in total. The summed E-state index contributed by atoms with van der Waals surface area (Å²) in [6.07, 6.45) is 0. The van der Waals surface area contributed by atoms with Crippen molar-refractivity contribution in [2.45, 2.75) is 32.5 Å². The minimum Gasteiger partial charge on any atom is -0.459 e. The third kappa shape index (κ3) is 7.17. The van der Waals surface area contributed by atoms with Gasteiger partial charge in [0.05, 0.1) is 16.3 Å². The lowest BCUT2D eigenvalue weighted by Gasteiger charge is -2.26. The summed E-state index contributed by atoms with van der Waals surface area (Å²) < 4.78 is 12.0. The number of fused-ring (bicyclic) bond motifs is 3. The van der Waals surface area contributed by atoms with E-state index >= 15 is 0 Å². The lowest BCUT2D eigenvalue weighted by Crippen LogP contribution is -2.45. The Hall–Kier alpha value is -6.47. The molecular weight excluding hydrogens is 813 g/mol. The lowest BCUT2D eigenvalue weighted by molar-refractivity contribution is -0.164. The van der Waals surface area contributed by atoms with E-state index in [4.69, 9.17) is 14.5 Å². The van der Waals surface area contributed by atoms with Crippen molar-refractivity contribution < 1.29 is 23.9 Å². The van der Waals surface area contributed by atoms with Crippen LogP contribution in [0.3, 0.4) is 0 Å². The molecule has 4 heterocycles. The highest BCUT2D eigenvalue weighted by atomic mass is 32.2. The summed E-state index contributed by atoms with van der Waals surface area (Å²) in [6, 6.07) is 28.9. The second-order valence-electron chi connectivity index (χ2n) is 12.5. The van der Waals surface area contributed by atoms with Crippen molar-refractivity contribution >= 4 is 84.1 Å². The summed E-state index contributed by atoms with van der Waals surface area (Å²) in [4.78, 5) is 56.9. The molecule has 7 rings (SSSR count). The van der Waals surface area contributed by atoms with Gasteiger partial charge >= 0.3 is 11.9 Å². The average Bonchev–Trinajstić information content (AvgIpc) is 4.06. The molecule has 2 fully saturated rings. The maximum atomic E-state index is 14.8. The second kappa shape index (κ2) is 16.9. The van der Waals surface area contributed by atoms with Gasteiger partial charge in [-0.1, -0.05) is 72.4 Å². The highest BCUT2D eigenvalue weighted by Crippen LogP contribution is 2.60. The van der Waals surface area contributed by atoms with E-state index in [1.54, 1.807) is 43.3 Å². The van der Waals surface area contributed by atoms with E-state index in [1.807, 2.05) is 72.5 Å². The Bertz CT molecular complexity index is 2570. The number of hydrogen-bond acceptors (Lipinski definition) is 16. The first-order valence-corrected chi connectivity index (χ1v) is 20.9. The summed E-state index contributed by atoms with van der Waals surface area (Å²) in [5.74, 6) is -2.26.